The highest BCUT2D eigenvalue weighted by Gasteiger charge is 2.22. The van der Waals surface area contributed by atoms with Crippen molar-refractivity contribution in [1.29, 1.82) is 0 Å². The zero-order valence-electron chi connectivity index (χ0n) is 7.86. The molecule has 1 heterocycles. The first-order valence-corrected chi connectivity index (χ1v) is 4.86. The van der Waals surface area contributed by atoms with Crippen LogP contribution < -0.4 is 5.73 Å². The minimum absolute atomic E-state index is 0.150. The Hall–Kier alpha value is -0.900. The van der Waals surface area contributed by atoms with Gasteiger partial charge in [0.25, 0.3) is 0 Å². The maximum atomic E-state index is 5.63. The van der Waals surface area contributed by atoms with Gasteiger partial charge in [0.2, 0.25) is 5.89 Å². The van der Waals surface area contributed by atoms with Crippen molar-refractivity contribution in [3.8, 4) is 0 Å². The van der Waals surface area contributed by atoms with Gasteiger partial charge in [0.15, 0.2) is 5.82 Å². The van der Waals surface area contributed by atoms with E-state index in [4.69, 9.17) is 10.3 Å². The van der Waals surface area contributed by atoms with Crippen molar-refractivity contribution in [2.45, 2.75) is 44.6 Å². The molecule has 2 N–H and O–H groups in total. The number of hydrogen-bond acceptors (Lipinski definition) is 4. The molecule has 0 radical (unpaired) electrons. The number of hydrogen-bond donors (Lipinski definition) is 1. The van der Waals surface area contributed by atoms with Gasteiger partial charge in [-0.15, -0.1) is 0 Å². The molecule has 1 saturated carbocycles. The summed E-state index contributed by atoms with van der Waals surface area (Å²) in [6.07, 6.45) is 4.95. The third kappa shape index (κ3) is 1.72. The highest BCUT2D eigenvalue weighted by atomic mass is 16.5. The predicted octanol–water partition coefficient (Wildman–Crippen LogP) is 1.75. The predicted molar refractivity (Wildman–Crippen MR) is 48.1 cm³/mol. The zero-order valence-corrected chi connectivity index (χ0v) is 7.86. The lowest BCUT2D eigenvalue weighted by Gasteiger charge is -1.99. The summed E-state index contributed by atoms with van der Waals surface area (Å²) < 4.78 is 5.05. The van der Waals surface area contributed by atoms with Crippen LogP contribution in [-0.2, 0) is 0 Å². The molecule has 0 bridgehead atoms. The molecule has 1 aliphatic rings. The van der Waals surface area contributed by atoms with Crippen molar-refractivity contribution in [3.05, 3.63) is 11.7 Å². The average Bonchev–Trinajstić information content (AvgIpc) is 2.75. The van der Waals surface area contributed by atoms with Crippen LogP contribution in [0.5, 0.6) is 0 Å². The van der Waals surface area contributed by atoms with Crippen molar-refractivity contribution in [2.75, 3.05) is 0 Å². The summed E-state index contributed by atoms with van der Waals surface area (Å²) in [5, 5.41) is 3.95. The van der Waals surface area contributed by atoms with Crippen LogP contribution >= 0.6 is 0 Å². The van der Waals surface area contributed by atoms with Gasteiger partial charge >= 0.3 is 0 Å². The molecule has 0 saturated heterocycles. The van der Waals surface area contributed by atoms with Crippen LogP contribution in [-0.4, -0.2) is 10.1 Å². The van der Waals surface area contributed by atoms with Gasteiger partial charge in [0.1, 0.15) is 0 Å². The first-order valence-electron chi connectivity index (χ1n) is 4.86. The first kappa shape index (κ1) is 8.69. The van der Waals surface area contributed by atoms with Crippen LogP contribution in [0.4, 0.5) is 0 Å². The van der Waals surface area contributed by atoms with Crippen molar-refractivity contribution < 1.29 is 4.52 Å². The second kappa shape index (κ2) is 3.46. The highest BCUT2D eigenvalue weighted by Crippen LogP contribution is 2.32. The smallest absolute Gasteiger partial charge is 0.243 e. The highest BCUT2D eigenvalue weighted by molar-refractivity contribution is 4.99. The quantitative estimate of drug-likeness (QED) is 0.754. The second-order valence-electron chi connectivity index (χ2n) is 3.76. The van der Waals surface area contributed by atoms with Gasteiger partial charge in [-0.3, -0.25) is 0 Å². The van der Waals surface area contributed by atoms with Gasteiger partial charge in [0, 0.05) is 5.92 Å². The number of aromatic nitrogens is 2. The van der Waals surface area contributed by atoms with Crippen molar-refractivity contribution in [1.82, 2.24) is 10.1 Å². The molecular weight excluding hydrogens is 166 g/mol. The maximum Gasteiger partial charge on any atom is 0.243 e. The van der Waals surface area contributed by atoms with E-state index in [2.05, 4.69) is 10.1 Å². The lowest BCUT2D eigenvalue weighted by Crippen LogP contribution is -2.05. The fourth-order valence-electron chi connectivity index (χ4n) is 1.78. The first-order chi connectivity index (χ1) is 6.27. The number of nitrogens with two attached hydrogens (primary N) is 1. The molecule has 4 heteroatoms. The molecule has 4 nitrogen and oxygen atoms in total. The molecule has 2 rings (SSSR count). The lowest BCUT2D eigenvalue weighted by atomic mass is 10.1. The Morgan fingerprint density at radius 2 is 2.15 bits per heavy atom. The van der Waals surface area contributed by atoms with Crippen LogP contribution in [0.15, 0.2) is 4.52 Å². The van der Waals surface area contributed by atoms with E-state index in [0.29, 0.717) is 11.8 Å². The van der Waals surface area contributed by atoms with Crippen LogP contribution in [0.3, 0.4) is 0 Å². The molecule has 1 atom stereocenters. The summed E-state index contributed by atoms with van der Waals surface area (Å²) in [6, 6.07) is -0.150. The molecule has 0 aliphatic heterocycles. The van der Waals surface area contributed by atoms with Crippen LogP contribution in [0.25, 0.3) is 0 Å². The normalized spacial score (nSPS) is 20.8. The molecule has 72 valence electrons. The Morgan fingerprint density at radius 1 is 1.46 bits per heavy atom. The van der Waals surface area contributed by atoms with E-state index in [0.717, 1.165) is 5.82 Å². The Morgan fingerprint density at radius 3 is 2.69 bits per heavy atom. The van der Waals surface area contributed by atoms with E-state index < -0.39 is 0 Å². The Kier molecular flexibility index (Phi) is 2.31. The monoisotopic (exact) mass is 181 g/mol. The average molecular weight is 181 g/mol. The third-order valence-electron chi connectivity index (χ3n) is 2.57. The second-order valence-corrected chi connectivity index (χ2v) is 3.76. The van der Waals surface area contributed by atoms with Crippen LogP contribution in [0, 0.1) is 0 Å². The molecule has 0 aromatic carbocycles. The minimum atomic E-state index is -0.150. The van der Waals surface area contributed by atoms with Gasteiger partial charge in [-0.05, 0) is 19.8 Å². The van der Waals surface area contributed by atoms with E-state index in [1.54, 1.807) is 0 Å². The Bertz CT molecular complexity index is 276. The number of nitrogens with zero attached hydrogens (tertiary/aromatic N) is 2. The van der Waals surface area contributed by atoms with E-state index in [1.165, 1.54) is 25.7 Å². The molecule has 0 unspecified atom stereocenters. The summed E-state index contributed by atoms with van der Waals surface area (Å²) in [7, 11) is 0. The number of rotatable bonds is 2. The van der Waals surface area contributed by atoms with Crippen molar-refractivity contribution >= 4 is 0 Å². The fraction of sp³-hybridized carbons (Fsp3) is 0.778. The Balaban J connectivity index is 2.12. The van der Waals surface area contributed by atoms with Gasteiger partial charge in [-0.2, -0.15) is 4.98 Å². The van der Waals surface area contributed by atoms with Crippen LogP contribution in [0.2, 0.25) is 0 Å². The maximum absolute atomic E-state index is 5.63. The van der Waals surface area contributed by atoms with E-state index in [9.17, 15) is 0 Å². The molecule has 0 spiro atoms. The lowest BCUT2D eigenvalue weighted by molar-refractivity contribution is 0.354. The molecule has 13 heavy (non-hydrogen) atoms. The van der Waals surface area contributed by atoms with Crippen molar-refractivity contribution in [3.63, 3.8) is 0 Å². The van der Waals surface area contributed by atoms with Gasteiger partial charge in [0.05, 0.1) is 6.04 Å². The summed E-state index contributed by atoms with van der Waals surface area (Å²) >= 11 is 0. The summed E-state index contributed by atoms with van der Waals surface area (Å²) in [6.45, 7) is 1.85. The molecule has 1 aromatic rings. The SMILES string of the molecule is C[C@H](N)c1nc(C2CCCC2)no1. The van der Waals surface area contributed by atoms with Crippen molar-refractivity contribution in [2.24, 2.45) is 5.73 Å². The summed E-state index contributed by atoms with van der Waals surface area (Å²) in [5.74, 6) is 1.92. The largest absolute Gasteiger partial charge is 0.338 e. The van der Waals surface area contributed by atoms with Gasteiger partial charge < -0.3 is 10.3 Å². The molecule has 1 fully saturated rings. The topological polar surface area (TPSA) is 64.9 Å². The molecular formula is C9H15N3O. The van der Waals surface area contributed by atoms with E-state index >= 15 is 0 Å². The molecule has 1 aliphatic carbocycles. The van der Waals surface area contributed by atoms with E-state index in [1.807, 2.05) is 6.92 Å². The van der Waals surface area contributed by atoms with Gasteiger partial charge in [-0.25, -0.2) is 0 Å². The van der Waals surface area contributed by atoms with Crippen LogP contribution in [0.1, 0.15) is 56.3 Å². The molecule has 0 amide bonds. The molecule has 1 aromatic heterocycles. The standard InChI is InChI=1S/C9H15N3O/c1-6(10)9-11-8(12-13-9)7-4-2-3-5-7/h6-7H,2-5,10H2,1H3/t6-/m0/s1. The van der Waals surface area contributed by atoms with Gasteiger partial charge in [-0.1, -0.05) is 18.0 Å². The third-order valence-corrected chi connectivity index (χ3v) is 2.57. The zero-order chi connectivity index (χ0) is 9.26. The van der Waals surface area contributed by atoms with E-state index in [-0.39, 0.29) is 6.04 Å². The Labute approximate surface area is 77.5 Å². The summed E-state index contributed by atoms with van der Waals surface area (Å²) in [4.78, 5) is 4.29. The fourth-order valence-corrected chi connectivity index (χ4v) is 1.78. The summed E-state index contributed by atoms with van der Waals surface area (Å²) in [5.41, 5.74) is 5.63. The minimum Gasteiger partial charge on any atom is -0.338 e.